The van der Waals surface area contributed by atoms with Crippen molar-refractivity contribution in [3.63, 3.8) is 0 Å². The number of carbonyl (C=O) groups is 1. The van der Waals surface area contributed by atoms with Crippen LogP contribution in [0.3, 0.4) is 0 Å². The maximum absolute atomic E-state index is 11.2. The van der Waals surface area contributed by atoms with Crippen molar-refractivity contribution in [2.75, 3.05) is 26.2 Å². The van der Waals surface area contributed by atoms with Crippen LogP contribution in [-0.4, -0.2) is 54.2 Å². The standard InChI is InChI=1S/C18H25Cl2N3O2/c1-12-15(19)2-3-16(17(12)20)25-14-6-10-22(11-7-14)13-4-8-23(9-5-13)18(21)24/h2-3,13-14H,4-11H2,1H3,(H2,21,24). The SMILES string of the molecule is Cc1c(Cl)ccc(OC2CCN(C3CCN(C(N)=O)CC3)CC2)c1Cl. The molecular weight excluding hydrogens is 361 g/mol. The number of ether oxygens (including phenoxy) is 1. The largest absolute Gasteiger partial charge is 0.489 e. The van der Waals surface area contributed by atoms with Crippen LogP contribution in [0.4, 0.5) is 4.79 Å². The smallest absolute Gasteiger partial charge is 0.314 e. The van der Waals surface area contributed by atoms with Gasteiger partial charge >= 0.3 is 6.03 Å². The number of carbonyl (C=O) groups excluding carboxylic acids is 1. The van der Waals surface area contributed by atoms with Crippen molar-refractivity contribution in [1.29, 1.82) is 0 Å². The predicted molar refractivity (Wildman–Crippen MR) is 101 cm³/mol. The molecule has 2 saturated heterocycles. The summed E-state index contributed by atoms with van der Waals surface area (Å²) in [5.74, 6) is 0.719. The van der Waals surface area contributed by atoms with E-state index >= 15 is 0 Å². The van der Waals surface area contributed by atoms with Gasteiger partial charge in [0.05, 0.1) is 5.02 Å². The van der Waals surface area contributed by atoms with E-state index in [1.807, 2.05) is 19.1 Å². The fourth-order valence-corrected chi connectivity index (χ4v) is 4.13. The molecule has 2 amide bonds. The number of benzene rings is 1. The van der Waals surface area contributed by atoms with Gasteiger partial charge in [0.15, 0.2) is 0 Å². The molecule has 3 rings (SSSR count). The average molecular weight is 386 g/mol. The Hall–Kier alpha value is -1.17. The molecule has 2 aliphatic heterocycles. The van der Waals surface area contributed by atoms with Crippen LogP contribution in [0.2, 0.25) is 10.0 Å². The summed E-state index contributed by atoms with van der Waals surface area (Å²) >= 11 is 12.4. The van der Waals surface area contributed by atoms with E-state index in [1.165, 1.54) is 0 Å². The summed E-state index contributed by atoms with van der Waals surface area (Å²) in [6.07, 6.45) is 4.13. The van der Waals surface area contributed by atoms with Gasteiger partial charge in [-0.25, -0.2) is 4.79 Å². The number of likely N-dealkylation sites (tertiary alicyclic amines) is 2. The molecule has 2 fully saturated rings. The minimum atomic E-state index is -0.305. The Bertz CT molecular complexity index is 625. The zero-order valence-corrected chi connectivity index (χ0v) is 16.0. The highest BCUT2D eigenvalue weighted by Gasteiger charge is 2.29. The Morgan fingerprint density at radius 2 is 1.76 bits per heavy atom. The van der Waals surface area contributed by atoms with Gasteiger partial charge in [-0.05, 0) is 50.3 Å². The number of urea groups is 1. The molecule has 0 bridgehead atoms. The number of hydrogen-bond donors (Lipinski definition) is 1. The molecular formula is C18H25Cl2N3O2. The molecule has 0 unspecified atom stereocenters. The van der Waals surface area contributed by atoms with E-state index in [1.54, 1.807) is 4.90 Å². The Balaban J connectivity index is 1.49. The van der Waals surface area contributed by atoms with E-state index in [0.717, 1.165) is 63.2 Å². The molecule has 138 valence electrons. The first-order valence-electron chi connectivity index (χ1n) is 8.85. The fraction of sp³-hybridized carbons (Fsp3) is 0.611. The van der Waals surface area contributed by atoms with Gasteiger partial charge < -0.3 is 15.4 Å². The summed E-state index contributed by atoms with van der Waals surface area (Å²) < 4.78 is 6.12. The summed E-state index contributed by atoms with van der Waals surface area (Å²) in [7, 11) is 0. The van der Waals surface area contributed by atoms with Crippen LogP contribution in [-0.2, 0) is 0 Å². The number of halogens is 2. The molecule has 0 atom stereocenters. The van der Waals surface area contributed by atoms with Gasteiger partial charge in [0, 0.05) is 37.2 Å². The van der Waals surface area contributed by atoms with Gasteiger partial charge in [-0.2, -0.15) is 0 Å². The lowest BCUT2D eigenvalue weighted by Gasteiger charge is -2.41. The third kappa shape index (κ3) is 4.33. The van der Waals surface area contributed by atoms with Gasteiger partial charge in [0.1, 0.15) is 11.9 Å². The van der Waals surface area contributed by atoms with E-state index in [0.29, 0.717) is 16.1 Å². The van der Waals surface area contributed by atoms with Gasteiger partial charge in [0.2, 0.25) is 0 Å². The number of rotatable bonds is 3. The van der Waals surface area contributed by atoms with E-state index in [-0.39, 0.29) is 12.1 Å². The fourth-order valence-electron chi connectivity index (χ4n) is 3.72. The minimum Gasteiger partial charge on any atom is -0.489 e. The van der Waals surface area contributed by atoms with E-state index in [9.17, 15) is 4.79 Å². The molecule has 2 aliphatic rings. The number of nitrogens with two attached hydrogens (primary N) is 1. The number of hydrogen-bond acceptors (Lipinski definition) is 3. The third-order valence-corrected chi connectivity index (χ3v) is 6.23. The summed E-state index contributed by atoms with van der Waals surface area (Å²) in [5.41, 5.74) is 6.21. The van der Waals surface area contributed by atoms with Crippen molar-refractivity contribution in [1.82, 2.24) is 9.80 Å². The second-order valence-corrected chi connectivity index (χ2v) is 7.68. The highest BCUT2D eigenvalue weighted by Crippen LogP contribution is 2.34. The molecule has 2 heterocycles. The highest BCUT2D eigenvalue weighted by molar-refractivity contribution is 6.36. The van der Waals surface area contributed by atoms with Gasteiger partial charge in [0.25, 0.3) is 0 Å². The van der Waals surface area contributed by atoms with Crippen molar-refractivity contribution in [2.45, 2.75) is 44.8 Å². The average Bonchev–Trinajstić information content (AvgIpc) is 2.63. The second-order valence-electron chi connectivity index (χ2n) is 6.89. The van der Waals surface area contributed by atoms with Crippen molar-refractivity contribution in [3.8, 4) is 5.75 Å². The summed E-state index contributed by atoms with van der Waals surface area (Å²) in [6, 6.07) is 3.92. The van der Waals surface area contributed by atoms with Crippen LogP contribution >= 0.6 is 23.2 Å². The summed E-state index contributed by atoms with van der Waals surface area (Å²) in [4.78, 5) is 15.5. The highest BCUT2D eigenvalue weighted by atomic mass is 35.5. The second kappa shape index (κ2) is 8.02. The lowest BCUT2D eigenvalue weighted by Crippen LogP contribution is -2.51. The Morgan fingerprint density at radius 1 is 1.12 bits per heavy atom. The predicted octanol–water partition coefficient (Wildman–Crippen LogP) is 3.69. The molecule has 25 heavy (non-hydrogen) atoms. The monoisotopic (exact) mass is 385 g/mol. The van der Waals surface area contributed by atoms with Crippen molar-refractivity contribution >= 4 is 29.2 Å². The Labute approximate surface area is 159 Å². The van der Waals surface area contributed by atoms with E-state index in [4.69, 9.17) is 33.7 Å². The van der Waals surface area contributed by atoms with Crippen LogP contribution in [0.25, 0.3) is 0 Å². The molecule has 1 aromatic rings. The topological polar surface area (TPSA) is 58.8 Å². The van der Waals surface area contributed by atoms with Crippen LogP contribution in [0.1, 0.15) is 31.2 Å². The van der Waals surface area contributed by atoms with E-state index < -0.39 is 0 Å². The van der Waals surface area contributed by atoms with Gasteiger partial charge in [-0.15, -0.1) is 0 Å². The zero-order valence-electron chi connectivity index (χ0n) is 14.5. The molecule has 2 N–H and O–H groups in total. The molecule has 0 saturated carbocycles. The minimum absolute atomic E-state index is 0.181. The summed E-state index contributed by atoms with van der Waals surface area (Å²) in [5, 5.41) is 1.27. The molecule has 5 nitrogen and oxygen atoms in total. The lowest BCUT2D eigenvalue weighted by molar-refractivity contribution is 0.0542. The van der Waals surface area contributed by atoms with Crippen LogP contribution in [0.5, 0.6) is 5.75 Å². The van der Waals surface area contributed by atoms with Gasteiger partial charge in [-0.1, -0.05) is 23.2 Å². The first-order valence-corrected chi connectivity index (χ1v) is 9.61. The first-order chi connectivity index (χ1) is 12.0. The van der Waals surface area contributed by atoms with Crippen LogP contribution in [0, 0.1) is 6.92 Å². The van der Waals surface area contributed by atoms with Crippen molar-refractivity contribution in [2.24, 2.45) is 5.73 Å². The quantitative estimate of drug-likeness (QED) is 0.862. The number of primary amides is 1. The Morgan fingerprint density at radius 3 is 2.36 bits per heavy atom. The molecule has 0 aromatic heterocycles. The maximum atomic E-state index is 11.2. The molecule has 0 radical (unpaired) electrons. The number of amides is 2. The van der Waals surface area contributed by atoms with Gasteiger partial charge in [-0.3, -0.25) is 4.90 Å². The van der Waals surface area contributed by atoms with E-state index in [2.05, 4.69) is 4.90 Å². The lowest BCUT2D eigenvalue weighted by atomic mass is 9.99. The normalized spacial score (nSPS) is 20.7. The molecule has 0 spiro atoms. The summed E-state index contributed by atoms with van der Waals surface area (Å²) in [6.45, 7) is 5.44. The van der Waals surface area contributed by atoms with Crippen LogP contribution < -0.4 is 10.5 Å². The molecule has 7 heteroatoms. The maximum Gasteiger partial charge on any atom is 0.314 e. The van der Waals surface area contributed by atoms with Crippen LogP contribution in [0.15, 0.2) is 12.1 Å². The Kier molecular flexibility index (Phi) is 5.97. The number of piperidine rings is 2. The third-order valence-electron chi connectivity index (χ3n) is 5.35. The van der Waals surface area contributed by atoms with Crippen molar-refractivity contribution < 1.29 is 9.53 Å². The zero-order chi connectivity index (χ0) is 18.0. The van der Waals surface area contributed by atoms with Crippen molar-refractivity contribution in [3.05, 3.63) is 27.7 Å². The number of nitrogens with zero attached hydrogens (tertiary/aromatic N) is 2. The first kappa shape index (κ1) is 18.6. The molecule has 1 aromatic carbocycles. The molecule has 0 aliphatic carbocycles.